The number of anilines is 1. The van der Waals surface area contributed by atoms with Crippen molar-refractivity contribution in [3.05, 3.63) is 6.20 Å². The molecule has 0 aliphatic carbocycles. The summed E-state index contributed by atoms with van der Waals surface area (Å²) in [7, 11) is 0. The Morgan fingerprint density at radius 3 is 3.20 bits per heavy atom. The van der Waals surface area contributed by atoms with Gasteiger partial charge in [-0.1, -0.05) is 11.3 Å². The van der Waals surface area contributed by atoms with Gasteiger partial charge in [0.05, 0.1) is 10.4 Å². The topological polar surface area (TPSA) is 42.1 Å². The molecule has 0 radical (unpaired) electrons. The molecule has 1 aromatic rings. The van der Waals surface area contributed by atoms with E-state index >= 15 is 0 Å². The first-order valence-corrected chi connectivity index (χ1v) is 6.75. The van der Waals surface area contributed by atoms with Gasteiger partial charge in [-0.15, -0.1) is 11.8 Å². The molecular formula is C9H14FN3S2. The fraction of sp³-hybridized carbons (Fsp3) is 0.667. The summed E-state index contributed by atoms with van der Waals surface area (Å²) in [4.78, 5) is 6.15. The molecule has 15 heavy (non-hydrogen) atoms. The highest BCUT2D eigenvalue weighted by atomic mass is 32.2. The molecule has 1 aliphatic heterocycles. The first-order valence-electron chi connectivity index (χ1n) is 4.94. The van der Waals surface area contributed by atoms with Crippen molar-refractivity contribution in [2.24, 2.45) is 0 Å². The van der Waals surface area contributed by atoms with Crippen LogP contribution in [-0.4, -0.2) is 41.4 Å². The molecule has 1 atom stereocenters. The molecule has 1 aromatic heterocycles. The maximum Gasteiger partial charge on any atom is 0.181 e. The summed E-state index contributed by atoms with van der Waals surface area (Å²) in [5.41, 5.74) is 5.52. The zero-order valence-electron chi connectivity index (χ0n) is 8.36. The highest BCUT2D eigenvalue weighted by Gasteiger charge is 2.20. The molecule has 0 saturated carbocycles. The molecule has 84 valence electrons. The van der Waals surface area contributed by atoms with Crippen molar-refractivity contribution < 1.29 is 4.39 Å². The Hall–Kier alpha value is -0.330. The third kappa shape index (κ3) is 3.32. The number of nitrogens with two attached hydrogens (primary N) is 1. The van der Waals surface area contributed by atoms with Gasteiger partial charge in [0.25, 0.3) is 0 Å². The standard InChI is InChI=1S/C9H14FN3S2/c10-7-1-2-13(6-7)3-4-14-8-5-12-9(11)15-8/h5,7H,1-4,6H2,(H2,11,12)/t7-/m1/s1. The predicted octanol–water partition coefficient (Wildman–Crippen LogP) is 1.86. The number of thiazole rings is 1. The van der Waals surface area contributed by atoms with Crippen LogP contribution in [0.3, 0.4) is 0 Å². The molecule has 0 spiro atoms. The van der Waals surface area contributed by atoms with E-state index in [0.717, 1.165) is 23.1 Å². The summed E-state index contributed by atoms with van der Waals surface area (Å²) in [6, 6.07) is 0. The Bertz CT molecular complexity index is 318. The summed E-state index contributed by atoms with van der Waals surface area (Å²) >= 11 is 3.25. The Morgan fingerprint density at radius 1 is 1.73 bits per heavy atom. The molecule has 1 aliphatic rings. The van der Waals surface area contributed by atoms with E-state index in [0.29, 0.717) is 18.1 Å². The lowest BCUT2D eigenvalue weighted by Crippen LogP contribution is -2.23. The average molecular weight is 247 g/mol. The van der Waals surface area contributed by atoms with Crippen LogP contribution in [0.5, 0.6) is 0 Å². The van der Waals surface area contributed by atoms with Gasteiger partial charge in [0, 0.05) is 25.4 Å². The number of nitrogens with zero attached hydrogens (tertiary/aromatic N) is 2. The van der Waals surface area contributed by atoms with Crippen molar-refractivity contribution in [2.75, 3.05) is 31.1 Å². The van der Waals surface area contributed by atoms with Crippen molar-refractivity contribution in [1.82, 2.24) is 9.88 Å². The van der Waals surface area contributed by atoms with Gasteiger partial charge < -0.3 is 5.73 Å². The fourth-order valence-electron chi connectivity index (χ4n) is 1.60. The number of thioether (sulfide) groups is 1. The van der Waals surface area contributed by atoms with Crippen LogP contribution in [-0.2, 0) is 0 Å². The van der Waals surface area contributed by atoms with Gasteiger partial charge >= 0.3 is 0 Å². The largest absolute Gasteiger partial charge is 0.375 e. The SMILES string of the molecule is Nc1ncc(SCCN2CC[C@@H](F)C2)s1. The Labute approximate surface area is 96.9 Å². The van der Waals surface area contributed by atoms with Crippen molar-refractivity contribution in [3.63, 3.8) is 0 Å². The van der Waals surface area contributed by atoms with Crippen molar-refractivity contribution in [1.29, 1.82) is 0 Å². The molecule has 0 bridgehead atoms. The second-order valence-electron chi connectivity index (χ2n) is 3.55. The second-order valence-corrected chi connectivity index (χ2v) is 6.01. The lowest BCUT2D eigenvalue weighted by atomic mass is 10.3. The molecule has 0 unspecified atom stereocenters. The van der Waals surface area contributed by atoms with E-state index in [1.807, 2.05) is 0 Å². The zero-order chi connectivity index (χ0) is 10.7. The Morgan fingerprint density at radius 2 is 2.60 bits per heavy atom. The number of hydrogen-bond acceptors (Lipinski definition) is 5. The van der Waals surface area contributed by atoms with Crippen LogP contribution in [0.15, 0.2) is 10.4 Å². The van der Waals surface area contributed by atoms with E-state index in [2.05, 4.69) is 9.88 Å². The van der Waals surface area contributed by atoms with Crippen LogP contribution in [0, 0.1) is 0 Å². The van der Waals surface area contributed by atoms with E-state index in [4.69, 9.17) is 5.73 Å². The van der Waals surface area contributed by atoms with Crippen LogP contribution < -0.4 is 5.73 Å². The third-order valence-electron chi connectivity index (χ3n) is 2.37. The Kier molecular flexibility index (Phi) is 3.82. The van der Waals surface area contributed by atoms with E-state index in [1.54, 1.807) is 18.0 Å². The van der Waals surface area contributed by atoms with Crippen molar-refractivity contribution >= 4 is 28.2 Å². The average Bonchev–Trinajstić information content (AvgIpc) is 2.76. The molecule has 1 saturated heterocycles. The summed E-state index contributed by atoms with van der Waals surface area (Å²) < 4.78 is 14.0. The van der Waals surface area contributed by atoms with Crippen LogP contribution in [0.4, 0.5) is 9.52 Å². The molecule has 2 N–H and O–H groups in total. The molecule has 2 rings (SSSR count). The minimum Gasteiger partial charge on any atom is -0.375 e. The summed E-state index contributed by atoms with van der Waals surface area (Å²) in [5.74, 6) is 0.981. The van der Waals surface area contributed by atoms with Gasteiger partial charge in [-0.3, -0.25) is 4.90 Å². The second kappa shape index (κ2) is 5.14. The minimum atomic E-state index is -0.617. The number of halogens is 1. The van der Waals surface area contributed by atoms with Gasteiger partial charge in [0.15, 0.2) is 5.13 Å². The van der Waals surface area contributed by atoms with Crippen LogP contribution in [0.2, 0.25) is 0 Å². The van der Waals surface area contributed by atoms with Crippen molar-refractivity contribution in [2.45, 2.75) is 16.8 Å². The quantitative estimate of drug-likeness (QED) is 0.825. The van der Waals surface area contributed by atoms with Crippen LogP contribution >= 0.6 is 23.1 Å². The number of aromatic nitrogens is 1. The molecule has 2 heterocycles. The van der Waals surface area contributed by atoms with E-state index in [9.17, 15) is 4.39 Å². The molecule has 0 amide bonds. The van der Waals surface area contributed by atoms with Gasteiger partial charge in [-0.2, -0.15) is 0 Å². The molecule has 0 aromatic carbocycles. The lowest BCUT2D eigenvalue weighted by Gasteiger charge is -2.12. The van der Waals surface area contributed by atoms with E-state index in [1.165, 1.54) is 11.3 Å². The van der Waals surface area contributed by atoms with E-state index in [-0.39, 0.29) is 0 Å². The monoisotopic (exact) mass is 247 g/mol. The number of likely N-dealkylation sites (tertiary alicyclic amines) is 1. The van der Waals surface area contributed by atoms with Gasteiger partial charge in [0.2, 0.25) is 0 Å². The van der Waals surface area contributed by atoms with Gasteiger partial charge in [0.1, 0.15) is 6.17 Å². The molecular weight excluding hydrogens is 233 g/mol. The summed E-state index contributed by atoms with van der Waals surface area (Å²) in [5, 5.41) is 0.613. The number of alkyl halides is 1. The predicted molar refractivity (Wildman–Crippen MR) is 63.2 cm³/mol. The fourth-order valence-corrected chi connectivity index (χ4v) is 3.44. The molecule has 3 nitrogen and oxygen atoms in total. The van der Waals surface area contributed by atoms with Gasteiger partial charge in [-0.25, -0.2) is 9.37 Å². The highest BCUT2D eigenvalue weighted by molar-refractivity contribution is 8.01. The first kappa shape index (κ1) is 11.2. The first-order chi connectivity index (χ1) is 7.24. The molecule has 1 fully saturated rings. The maximum atomic E-state index is 12.9. The zero-order valence-corrected chi connectivity index (χ0v) is 9.99. The maximum absolute atomic E-state index is 12.9. The number of nitrogen functional groups attached to an aromatic ring is 1. The smallest absolute Gasteiger partial charge is 0.181 e. The third-order valence-corrected chi connectivity index (χ3v) is 4.37. The van der Waals surface area contributed by atoms with E-state index < -0.39 is 6.17 Å². The summed E-state index contributed by atoms with van der Waals surface area (Å²) in [6.07, 6.45) is 1.87. The minimum absolute atomic E-state index is 0.603. The molecule has 6 heteroatoms. The Balaban J connectivity index is 1.67. The van der Waals surface area contributed by atoms with Crippen LogP contribution in [0.25, 0.3) is 0 Å². The van der Waals surface area contributed by atoms with Gasteiger partial charge in [-0.05, 0) is 6.42 Å². The van der Waals surface area contributed by atoms with Crippen molar-refractivity contribution in [3.8, 4) is 0 Å². The lowest BCUT2D eigenvalue weighted by molar-refractivity contribution is 0.299. The normalized spacial score (nSPS) is 22.3. The number of hydrogen-bond donors (Lipinski definition) is 1. The summed E-state index contributed by atoms with van der Waals surface area (Å²) in [6.45, 7) is 2.45. The number of rotatable bonds is 4. The highest BCUT2D eigenvalue weighted by Crippen LogP contribution is 2.26. The van der Waals surface area contributed by atoms with Crippen LogP contribution in [0.1, 0.15) is 6.42 Å².